The number of aliphatic carboxylic acids is 2. The fourth-order valence-corrected chi connectivity index (χ4v) is 5.33. The summed E-state index contributed by atoms with van der Waals surface area (Å²) in [4.78, 5) is 114. The first kappa shape index (κ1) is 46.5. The molecule has 54 heavy (non-hydrogen) atoms. The number of carboxylic acid groups (broad SMARTS) is 2. The number of benzene rings is 1. The molecule has 0 aliphatic rings. The van der Waals surface area contributed by atoms with E-state index in [4.69, 9.17) is 5.73 Å². The number of rotatable bonds is 23. The molecule has 0 heterocycles. The van der Waals surface area contributed by atoms with Gasteiger partial charge in [0.15, 0.2) is 0 Å². The van der Waals surface area contributed by atoms with Crippen LogP contribution in [0.2, 0.25) is 0 Å². The van der Waals surface area contributed by atoms with E-state index in [-0.39, 0.29) is 18.8 Å². The summed E-state index contributed by atoms with van der Waals surface area (Å²) in [7, 11) is 0. The highest BCUT2D eigenvalue weighted by Gasteiger charge is 2.36. The van der Waals surface area contributed by atoms with E-state index >= 15 is 0 Å². The van der Waals surface area contributed by atoms with Crippen LogP contribution < -0.4 is 37.6 Å². The molecule has 0 radical (unpaired) electrons. The van der Waals surface area contributed by atoms with E-state index < -0.39 is 114 Å². The van der Waals surface area contributed by atoms with Crippen LogP contribution in [0.3, 0.4) is 0 Å². The fourth-order valence-electron chi connectivity index (χ4n) is 5.33. The molecular formula is C36H55N7O11. The van der Waals surface area contributed by atoms with E-state index in [9.17, 15) is 53.4 Å². The van der Waals surface area contributed by atoms with Crippen LogP contribution in [-0.2, 0) is 49.6 Å². The van der Waals surface area contributed by atoms with Gasteiger partial charge in [-0.3, -0.25) is 38.4 Å². The zero-order valence-electron chi connectivity index (χ0n) is 31.8. The van der Waals surface area contributed by atoms with Crippen LogP contribution in [-0.4, -0.2) is 99.8 Å². The predicted molar refractivity (Wildman–Crippen MR) is 195 cm³/mol. The molecule has 0 aliphatic heterocycles. The minimum Gasteiger partial charge on any atom is -0.481 e. The number of nitrogens with one attached hydrogen (secondary N) is 6. The molecule has 10 N–H and O–H groups in total. The second-order valence-electron chi connectivity index (χ2n) is 14.0. The highest BCUT2D eigenvalue weighted by Crippen LogP contribution is 2.13. The molecule has 300 valence electrons. The van der Waals surface area contributed by atoms with E-state index in [2.05, 4.69) is 31.9 Å². The highest BCUT2D eigenvalue weighted by atomic mass is 16.4. The Balaban J connectivity index is 3.29. The van der Waals surface area contributed by atoms with Gasteiger partial charge in [0.25, 0.3) is 0 Å². The van der Waals surface area contributed by atoms with Gasteiger partial charge in [0, 0.05) is 13.3 Å². The van der Waals surface area contributed by atoms with Crippen molar-refractivity contribution in [1.29, 1.82) is 0 Å². The minimum atomic E-state index is -1.81. The van der Waals surface area contributed by atoms with Gasteiger partial charge in [-0.1, -0.05) is 78.3 Å². The van der Waals surface area contributed by atoms with Gasteiger partial charge in [-0.05, 0) is 29.7 Å². The largest absolute Gasteiger partial charge is 0.481 e. The van der Waals surface area contributed by atoms with E-state index in [1.165, 1.54) is 6.92 Å². The van der Waals surface area contributed by atoms with Crippen LogP contribution in [0.4, 0.5) is 0 Å². The summed E-state index contributed by atoms with van der Waals surface area (Å²) in [6, 6.07) is 0.408. The molecule has 0 saturated heterocycles. The number of hydrogen-bond acceptors (Lipinski definition) is 9. The Hall–Kier alpha value is -5.55. The fraction of sp³-hybridized carbons (Fsp3) is 0.583. The third-order valence-corrected chi connectivity index (χ3v) is 8.39. The first-order chi connectivity index (χ1) is 25.2. The number of carboxylic acids is 2. The average Bonchev–Trinajstić information content (AvgIpc) is 3.07. The molecule has 18 heteroatoms. The Kier molecular flexibility index (Phi) is 19.4. The Bertz CT molecular complexity index is 1500. The first-order valence-corrected chi connectivity index (χ1v) is 17.7. The predicted octanol–water partition coefficient (Wildman–Crippen LogP) is -0.659. The molecule has 0 saturated carbocycles. The molecule has 1 aromatic rings. The normalized spacial score (nSPS) is 14.9. The summed E-state index contributed by atoms with van der Waals surface area (Å²) < 4.78 is 0. The maximum absolute atomic E-state index is 13.7. The zero-order chi connectivity index (χ0) is 41.3. The van der Waals surface area contributed by atoms with Crippen molar-refractivity contribution in [3.05, 3.63) is 35.9 Å². The standard InChI is InChI=1S/C36H55N7O11/c1-8-20(6)30(43-34(51)29(19(4)5)42-33(50)23(38-21(7)44)15-22-12-10-9-11-13-22)35(52)40-24(16-27(37)45)31(48)39-25(17-28(46)47)32(49)41-26(36(53)54)14-18(2)3/h9-13,18-20,23-26,29-30H,8,14-17H2,1-7H3,(H2,37,45)(H,38,44)(H,39,48)(H,40,52)(H,41,49)(H,42,50)(H,43,51)(H,46,47)(H,53,54)/t20-,23-,24-,25-,26-,29-,30-/m0/s1. The van der Waals surface area contributed by atoms with Gasteiger partial charge in [-0.25, -0.2) is 4.79 Å². The van der Waals surface area contributed by atoms with Gasteiger partial charge in [0.1, 0.15) is 36.3 Å². The van der Waals surface area contributed by atoms with Gasteiger partial charge in [0.05, 0.1) is 12.8 Å². The number of primary amides is 1. The monoisotopic (exact) mass is 761 g/mol. The van der Waals surface area contributed by atoms with Crippen molar-refractivity contribution in [2.24, 2.45) is 23.5 Å². The number of nitrogens with two attached hydrogens (primary N) is 1. The summed E-state index contributed by atoms with van der Waals surface area (Å²) in [6.07, 6.45) is -1.28. The average molecular weight is 762 g/mol. The summed E-state index contributed by atoms with van der Waals surface area (Å²) in [5, 5.41) is 33.5. The van der Waals surface area contributed by atoms with Gasteiger partial charge < -0.3 is 47.8 Å². The first-order valence-electron chi connectivity index (χ1n) is 17.7. The maximum Gasteiger partial charge on any atom is 0.326 e. The SMILES string of the molecule is CC[C@H](C)[C@H](NC(=O)[C@@H](NC(=O)[C@H](Cc1ccccc1)NC(C)=O)C(C)C)C(=O)N[C@@H](CC(N)=O)C(=O)N[C@@H](CC(=O)O)C(=O)N[C@@H](CC(C)C)C(=O)O. The van der Waals surface area contributed by atoms with Crippen LogP contribution in [0, 0.1) is 17.8 Å². The Morgan fingerprint density at radius 2 is 1.11 bits per heavy atom. The Labute approximate surface area is 314 Å². The molecule has 0 bridgehead atoms. The summed E-state index contributed by atoms with van der Waals surface area (Å²) in [5.41, 5.74) is 6.10. The lowest BCUT2D eigenvalue weighted by molar-refractivity contribution is -0.144. The van der Waals surface area contributed by atoms with Crippen molar-refractivity contribution in [2.75, 3.05) is 0 Å². The maximum atomic E-state index is 13.7. The van der Waals surface area contributed by atoms with Crippen molar-refractivity contribution in [3.8, 4) is 0 Å². The van der Waals surface area contributed by atoms with Crippen LogP contribution in [0.1, 0.15) is 79.7 Å². The molecule has 18 nitrogen and oxygen atoms in total. The quantitative estimate of drug-likeness (QED) is 0.0675. The lowest BCUT2D eigenvalue weighted by atomic mass is 9.95. The number of hydrogen-bond donors (Lipinski definition) is 9. The third kappa shape index (κ3) is 16.4. The summed E-state index contributed by atoms with van der Waals surface area (Å²) in [6.45, 7) is 11.3. The van der Waals surface area contributed by atoms with Crippen LogP contribution >= 0.6 is 0 Å². The molecule has 7 atom stereocenters. The Morgan fingerprint density at radius 3 is 1.57 bits per heavy atom. The molecule has 7 amide bonds. The van der Waals surface area contributed by atoms with Crippen molar-refractivity contribution < 1.29 is 53.4 Å². The van der Waals surface area contributed by atoms with Gasteiger partial charge >= 0.3 is 11.9 Å². The van der Waals surface area contributed by atoms with E-state index in [1.54, 1.807) is 71.9 Å². The van der Waals surface area contributed by atoms with Crippen LogP contribution in [0.15, 0.2) is 30.3 Å². The molecule has 0 unspecified atom stereocenters. The van der Waals surface area contributed by atoms with Crippen molar-refractivity contribution in [2.45, 2.75) is 117 Å². The lowest BCUT2D eigenvalue weighted by Crippen LogP contribution is -2.61. The summed E-state index contributed by atoms with van der Waals surface area (Å²) in [5.74, 6) is -10.3. The molecule has 0 fully saturated rings. The van der Waals surface area contributed by atoms with E-state index in [0.29, 0.717) is 6.42 Å². The molecule has 1 aromatic carbocycles. The highest BCUT2D eigenvalue weighted by molar-refractivity contribution is 5.99. The number of carbonyl (C=O) groups is 9. The number of amides is 7. The van der Waals surface area contributed by atoms with Crippen molar-refractivity contribution in [1.82, 2.24) is 31.9 Å². The van der Waals surface area contributed by atoms with Gasteiger partial charge in [-0.2, -0.15) is 0 Å². The topological polar surface area (TPSA) is 292 Å². The van der Waals surface area contributed by atoms with E-state index in [1.807, 2.05) is 0 Å². The zero-order valence-corrected chi connectivity index (χ0v) is 31.8. The Morgan fingerprint density at radius 1 is 0.630 bits per heavy atom. The summed E-state index contributed by atoms with van der Waals surface area (Å²) >= 11 is 0. The third-order valence-electron chi connectivity index (χ3n) is 8.39. The molecule has 0 spiro atoms. The van der Waals surface area contributed by atoms with Gasteiger partial charge in [0.2, 0.25) is 41.4 Å². The second kappa shape index (κ2) is 22.5. The van der Waals surface area contributed by atoms with Crippen molar-refractivity contribution in [3.63, 3.8) is 0 Å². The lowest BCUT2D eigenvalue weighted by Gasteiger charge is -2.30. The van der Waals surface area contributed by atoms with E-state index in [0.717, 1.165) is 5.56 Å². The van der Waals surface area contributed by atoms with Crippen molar-refractivity contribution >= 4 is 53.3 Å². The molecule has 0 aromatic heterocycles. The smallest absolute Gasteiger partial charge is 0.326 e. The van der Waals surface area contributed by atoms with Gasteiger partial charge in [-0.15, -0.1) is 0 Å². The molecule has 1 rings (SSSR count). The second-order valence-corrected chi connectivity index (χ2v) is 14.0. The minimum absolute atomic E-state index is 0.00279. The van der Waals surface area contributed by atoms with Crippen LogP contribution in [0.25, 0.3) is 0 Å². The number of carbonyl (C=O) groups excluding carboxylic acids is 7. The molecular weight excluding hydrogens is 706 g/mol. The van der Waals surface area contributed by atoms with Crippen LogP contribution in [0.5, 0.6) is 0 Å². The molecule has 0 aliphatic carbocycles.